The van der Waals surface area contributed by atoms with Gasteiger partial charge in [0, 0.05) is 12.5 Å². The van der Waals surface area contributed by atoms with E-state index in [9.17, 15) is 14.5 Å². The highest BCUT2D eigenvalue weighted by atomic mass is 19.1. The molecule has 14 heavy (non-hydrogen) atoms. The largest absolute Gasteiger partial charge is 0.512 e. The van der Waals surface area contributed by atoms with Crippen molar-refractivity contribution in [2.75, 3.05) is 0 Å². The SMILES string of the molecule is O=[N+]([O-])C1=C(\F)C=CC\C(O)=C/C=C\1. The van der Waals surface area contributed by atoms with Crippen LogP contribution in [0.15, 0.2) is 47.7 Å². The monoisotopic (exact) mass is 197 g/mol. The molecule has 0 aromatic rings. The van der Waals surface area contributed by atoms with Crippen molar-refractivity contribution < 1.29 is 14.4 Å². The number of hydrogen-bond donors (Lipinski definition) is 1. The molecule has 74 valence electrons. The second kappa shape index (κ2) is 4.36. The summed E-state index contributed by atoms with van der Waals surface area (Å²) in [7, 11) is 0. The number of nitrogens with zero attached hydrogens (tertiary/aromatic N) is 1. The molecule has 1 aliphatic carbocycles. The van der Waals surface area contributed by atoms with Crippen molar-refractivity contribution >= 4 is 0 Å². The first-order chi connectivity index (χ1) is 6.61. The molecule has 0 radical (unpaired) electrons. The predicted octanol–water partition coefficient (Wildman–Crippen LogP) is 2.40. The zero-order chi connectivity index (χ0) is 10.6. The number of aliphatic hydroxyl groups is 1. The molecule has 0 heterocycles. The average Bonchev–Trinajstić information content (AvgIpc) is 2.17. The summed E-state index contributed by atoms with van der Waals surface area (Å²) in [5, 5.41) is 19.5. The van der Waals surface area contributed by atoms with Gasteiger partial charge in [-0.15, -0.1) is 0 Å². The molecular formula is C9H8FNO3. The van der Waals surface area contributed by atoms with E-state index < -0.39 is 16.4 Å². The molecule has 0 aromatic carbocycles. The summed E-state index contributed by atoms with van der Waals surface area (Å²) in [6.45, 7) is 0. The van der Waals surface area contributed by atoms with Gasteiger partial charge in [-0.3, -0.25) is 10.1 Å². The first-order valence-corrected chi connectivity index (χ1v) is 3.88. The van der Waals surface area contributed by atoms with Gasteiger partial charge in [-0.05, 0) is 12.2 Å². The lowest BCUT2D eigenvalue weighted by Crippen LogP contribution is -1.97. The number of rotatable bonds is 1. The molecule has 0 saturated heterocycles. The Morgan fingerprint density at radius 3 is 2.86 bits per heavy atom. The van der Waals surface area contributed by atoms with Crippen LogP contribution in [0.5, 0.6) is 0 Å². The van der Waals surface area contributed by atoms with Crippen molar-refractivity contribution in [1.29, 1.82) is 0 Å². The van der Waals surface area contributed by atoms with Crippen molar-refractivity contribution in [3.05, 3.63) is 57.8 Å². The number of halogens is 1. The maximum absolute atomic E-state index is 13.0. The van der Waals surface area contributed by atoms with E-state index in [0.717, 1.165) is 12.2 Å². The maximum Gasteiger partial charge on any atom is 0.304 e. The Bertz CT molecular complexity index is 366. The molecule has 1 aliphatic rings. The van der Waals surface area contributed by atoms with Gasteiger partial charge in [0.15, 0.2) is 5.83 Å². The van der Waals surface area contributed by atoms with Crippen molar-refractivity contribution in [3.8, 4) is 0 Å². The van der Waals surface area contributed by atoms with E-state index >= 15 is 0 Å². The topological polar surface area (TPSA) is 63.4 Å². The molecule has 0 aliphatic heterocycles. The number of aliphatic hydroxyl groups excluding tert-OH is 1. The fraction of sp³-hybridized carbons (Fsp3) is 0.111. The summed E-state index contributed by atoms with van der Waals surface area (Å²) < 4.78 is 13.0. The minimum absolute atomic E-state index is 0.0231. The van der Waals surface area contributed by atoms with Gasteiger partial charge in [-0.25, -0.2) is 0 Å². The molecule has 0 spiro atoms. The molecule has 0 atom stereocenters. The highest BCUT2D eigenvalue weighted by Crippen LogP contribution is 2.13. The zero-order valence-electron chi connectivity index (χ0n) is 7.18. The second-order valence-electron chi connectivity index (χ2n) is 2.61. The van der Waals surface area contributed by atoms with E-state index in [1.54, 1.807) is 0 Å². The molecule has 0 saturated carbocycles. The molecule has 0 bridgehead atoms. The normalized spacial score (nSPS) is 28.2. The molecule has 5 heteroatoms. The van der Waals surface area contributed by atoms with Crippen LogP contribution in [0.25, 0.3) is 0 Å². The third kappa shape index (κ3) is 2.55. The minimum Gasteiger partial charge on any atom is -0.512 e. The fourth-order valence-corrected chi connectivity index (χ4v) is 0.915. The van der Waals surface area contributed by atoms with Gasteiger partial charge in [0.2, 0.25) is 0 Å². The first kappa shape index (κ1) is 10.2. The van der Waals surface area contributed by atoms with Crippen LogP contribution in [-0.4, -0.2) is 10.0 Å². The summed E-state index contributed by atoms with van der Waals surface area (Å²) in [5.74, 6) is -0.899. The van der Waals surface area contributed by atoms with Gasteiger partial charge < -0.3 is 5.11 Å². The van der Waals surface area contributed by atoms with Crippen LogP contribution < -0.4 is 0 Å². The van der Waals surface area contributed by atoms with Crippen LogP contribution in [0.4, 0.5) is 4.39 Å². The van der Waals surface area contributed by atoms with E-state index in [-0.39, 0.29) is 12.2 Å². The molecule has 0 unspecified atom stereocenters. The number of allylic oxidation sites excluding steroid dienone is 6. The molecular weight excluding hydrogens is 189 g/mol. The van der Waals surface area contributed by atoms with Crippen LogP contribution in [0.2, 0.25) is 0 Å². The van der Waals surface area contributed by atoms with Crippen LogP contribution in [0.3, 0.4) is 0 Å². The summed E-state index contributed by atoms with van der Waals surface area (Å²) in [6.07, 6.45) is 5.96. The second-order valence-corrected chi connectivity index (χ2v) is 2.61. The minimum atomic E-state index is -0.922. The third-order valence-electron chi connectivity index (χ3n) is 1.58. The maximum atomic E-state index is 13.0. The summed E-state index contributed by atoms with van der Waals surface area (Å²) >= 11 is 0. The number of nitro groups is 1. The van der Waals surface area contributed by atoms with Gasteiger partial charge in [0.05, 0.1) is 10.7 Å². The van der Waals surface area contributed by atoms with Gasteiger partial charge >= 0.3 is 5.70 Å². The average molecular weight is 197 g/mol. The molecule has 1 N–H and O–H groups in total. The fourth-order valence-electron chi connectivity index (χ4n) is 0.915. The molecule has 0 amide bonds. The quantitative estimate of drug-likeness (QED) is 0.518. The Labute approximate surface area is 79.5 Å². The van der Waals surface area contributed by atoms with Crippen molar-refractivity contribution in [2.45, 2.75) is 6.42 Å². The van der Waals surface area contributed by atoms with Crippen LogP contribution in [0, 0.1) is 10.1 Å². The van der Waals surface area contributed by atoms with E-state index in [1.165, 1.54) is 18.2 Å². The van der Waals surface area contributed by atoms with E-state index in [4.69, 9.17) is 5.11 Å². The third-order valence-corrected chi connectivity index (χ3v) is 1.58. The van der Waals surface area contributed by atoms with Crippen LogP contribution in [-0.2, 0) is 0 Å². The molecule has 0 aromatic heterocycles. The van der Waals surface area contributed by atoms with Gasteiger partial charge in [-0.1, -0.05) is 12.2 Å². The zero-order valence-corrected chi connectivity index (χ0v) is 7.18. The van der Waals surface area contributed by atoms with Crippen molar-refractivity contribution in [1.82, 2.24) is 0 Å². The Hall–Kier alpha value is -1.91. The van der Waals surface area contributed by atoms with Crippen LogP contribution in [0.1, 0.15) is 6.42 Å². The van der Waals surface area contributed by atoms with Gasteiger partial charge in [0.1, 0.15) is 0 Å². The Morgan fingerprint density at radius 1 is 1.50 bits per heavy atom. The van der Waals surface area contributed by atoms with Crippen molar-refractivity contribution in [2.24, 2.45) is 0 Å². The lowest BCUT2D eigenvalue weighted by Gasteiger charge is -1.90. The van der Waals surface area contributed by atoms with E-state index in [1.807, 2.05) is 0 Å². The lowest BCUT2D eigenvalue weighted by molar-refractivity contribution is -0.421. The smallest absolute Gasteiger partial charge is 0.304 e. The predicted molar refractivity (Wildman–Crippen MR) is 48.7 cm³/mol. The number of hydrogen-bond acceptors (Lipinski definition) is 3. The van der Waals surface area contributed by atoms with E-state index in [0.29, 0.717) is 0 Å². The Kier molecular flexibility index (Phi) is 3.17. The highest BCUT2D eigenvalue weighted by Gasteiger charge is 2.13. The first-order valence-electron chi connectivity index (χ1n) is 3.88. The van der Waals surface area contributed by atoms with Gasteiger partial charge in [-0.2, -0.15) is 4.39 Å². The molecule has 0 fully saturated rings. The van der Waals surface area contributed by atoms with Crippen molar-refractivity contribution in [3.63, 3.8) is 0 Å². The Morgan fingerprint density at radius 2 is 2.21 bits per heavy atom. The van der Waals surface area contributed by atoms with Crippen LogP contribution >= 0.6 is 0 Å². The van der Waals surface area contributed by atoms with E-state index in [2.05, 4.69) is 0 Å². The lowest BCUT2D eigenvalue weighted by atomic mass is 10.3. The highest BCUT2D eigenvalue weighted by molar-refractivity contribution is 5.28. The molecule has 1 rings (SSSR count). The standard InChI is InChI=1S/C9H8FNO3/c10-8-5-1-3-7(12)4-2-6-9(8)11(13)14/h1-2,4-6,12H,3H2/b5-1?,6-2-,7-4+,9-8-. The van der Waals surface area contributed by atoms with Gasteiger partial charge in [0.25, 0.3) is 0 Å². The summed E-state index contributed by atoms with van der Waals surface area (Å²) in [6, 6.07) is 0. The molecule has 4 nitrogen and oxygen atoms in total. The summed E-state index contributed by atoms with van der Waals surface area (Å²) in [5.41, 5.74) is -0.618. The Balaban J connectivity index is 3.09. The summed E-state index contributed by atoms with van der Waals surface area (Å²) in [4.78, 5) is 9.55.